The van der Waals surface area contributed by atoms with Crippen molar-refractivity contribution in [1.29, 1.82) is 0 Å². The Labute approximate surface area is 173 Å². The van der Waals surface area contributed by atoms with Gasteiger partial charge in [0.25, 0.3) is 5.69 Å². The first kappa shape index (κ1) is 20.9. The summed E-state index contributed by atoms with van der Waals surface area (Å²) in [5.41, 5.74) is 1.19. The summed E-state index contributed by atoms with van der Waals surface area (Å²) in [5.74, 6) is -1.60. The number of rotatable bonds is 6. The number of nitrogens with zero attached hydrogens (tertiary/aromatic N) is 2. The Kier molecular flexibility index (Phi) is 7.31. The van der Waals surface area contributed by atoms with Gasteiger partial charge < -0.3 is 10.6 Å². The third-order valence-corrected chi connectivity index (χ3v) is 5.69. The molecule has 2 N–H and O–H groups in total. The highest BCUT2D eigenvalue weighted by Crippen LogP contribution is 2.25. The maximum absolute atomic E-state index is 12.3. The van der Waals surface area contributed by atoms with Gasteiger partial charge in [-0.25, -0.2) is 0 Å². The van der Waals surface area contributed by atoms with E-state index in [0.717, 1.165) is 31.5 Å². The predicted molar refractivity (Wildman–Crippen MR) is 112 cm³/mol. The fourth-order valence-electron chi connectivity index (χ4n) is 3.48. The number of carbonyl (C=O) groups is 2. The minimum atomic E-state index is -0.842. The zero-order valence-electron chi connectivity index (χ0n) is 16.0. The summed E-state index contributed by atoms with van der Waals surface area (Å²) in [6.07, 6.45) is 4.68. The van der Waals surface area contributed by atoms with Crippen LogP contribution in [0.15, 0.2) is 41.1 Å². The SMILES string of the molecule is O=C(NCC(c1ccsc1)N1CCCCCC1)C(=O)Nc1cccc([N+](=O)[O-])c1. The van der Waals surface area contributed by atoms with Gasteiger partial charge in [0.1, 0.15) is 0 Å². The molecule has 1 aliphatic heterocycles. The van der Waals surface area contributed by atoms with Gasteiger partial charge in [0.15, 0.2) is 0 Å². The van der Waals surface area contributed by atoms with Gasteiger partial charge in [0.05, 0.1) is 11.0 Å². The Bertz CT molecular complexity index is 848. The third-order valence-electron chi connectivity index (χ3n) is 4.99. The van der Waals surface area contributed by atoms with E-state index in [0.29, 0.717) is 6.54 Å². The number of benzene rings is 1. The summed E-state index contributed by atoms with van der Waals surface area (Å²) in [5, 5.41) is 20.1. The molecule has 1 unspecified atom stereocenters. The molecule has 1 aromatic heterocycles. The van der Waals surface area contributed by atoms with Crippen LogP contribution in [-0.4, -0.2) is 41.3 Å². The van der Waals surface area contributed by atoms with E-state index in [-0.39, 0.29) is 17.4 Å². The van der Waals surface area contributed by atoms with Gasteiger partial charge in [-0.05, 0) is 54.4 Å². The van der Waals surface area contributed by atoms with E-state index in [4.69, 9.17) is 0 Å². The molecule has 154 valence electrons. The van der Waals surface area contributed by atoms with Crippen LogP contribution in [0.3, 0.4) is 0 Å². The van der Waals surface area contributed by atoms with Gasteiger partial charge in [-0.1, -0.05) is 18.9 Å². The van der Waals surface area contributed by atoms with E-state index < -0.39 is 16.7 Å². The number of nitro groups is 1. The topological polar surface area (TPSA) is 105 Å². The predicted octanol–water partition coefficient (Wildman–Crippen LogP) is 3.33. The van der Waals surface area contributed by atoms with E-state index in [1.165, 1.54) is 37.1 Å². The molecule has 1 fully saturated rings. The molecule has 3 rings (SSSR count). The number of anilines is 1. The van der Waals surface area contributed by atoms with Crippen molar-refractivity contribution >= 4 is 34.5 Å². The average molecular weight is 417 g/mol. The second-order valence-corrected chi connectivity index (χ2v) is 7.77. The van der Waals surface area contributed by atoms with Crippen molar-refractivity contribution in [3.8, 4) is 0 Å². The largest absolute Gasteiger partial charge is 0.346 e. The Morgan fingerprint density at radius 3 is 2.55 bits per heavy atom. The molecule has 2 aromatic rings. The van der Waals surface area contributed by atoms with Crippen LogP contribution in [0.4, 0.5) is 11.4 Å². The Morgan fingerprint density at radius 2 is 1.90 bits per heavy atom. The second-order valence-electron chi connectivity index (χ2n) is 6.99. The molecule has 29 heavy (non-hydrogen) atoms. The van der Waals surface area contributed by atoms with Crippen LogP contribution >= 0.6 is 11.3 Å². The van der Waals surface area contributed by atoms with Gasteiger partial charge in [-0.3, -0.25) is 24.6 Å². The van der Waals surface area contributed by atoms with Crippen molar-refractivity contribution in [1.82, 2.24) is 10.2 Å². The molecule has 8 nitrogen and oxygen atoms in total. The quantitative estimate of drug-likeness (QED) is 0.427. The highest BCUT2D eigenvalue weighted by molar-refractivity contribution is 7.08. The molecular weight excluding hydrogens is 392 g/mol. The number of likely N-dealkylation sites (tertiary alicyclic amines) is 1. The molecule has 2 amide bonds. The molecule has 1 aliphatic rings. The Hall–Kier alpha value is -2.78. The number of hydrogen-bond acceptors (Lipinski definition) is 6. The number of non-ortho nitro benzene ring substituents is 1. The summed E-state index contributed by atoms with van der Waals surface area (Å²) in [6.45, 7) is 2.27. The van der Waals surface area contributed by atoms with Gasteiger partial charge in [-0.15, -0.1) is 0 Å². The molecule has 0 aliphatic carbocycles. The Morgan fingerprint density at radius 1 is 1.14 bits per heavy atom. The number of nitro benzene ring substituents is 1. The van der Waals surface area contributed by atoms with E-state index in [1.807, 2.05) is 5.38 Å². The molecule has 1 atom stereocenters. The molecule has 2 heterocycles. The van der Waals surface area contributed by atoms with Crippen LogP contribution < -0.4 is 10.6 Å². The molecule has 9 heteroatoms. The molecule has 0 saturated carbocycles. The lowest BCUT2D eigenvalue weighted by molar-refractivity contribution is -0.384. The second kappa shape index (κ2) is 10.1. The minimum absolute atomic E-state index is 0.0221. The number of nitrogens with one attached hydrogen (secondary N) is 2. The summed E-state index contributed by atoms with van der Waals surface area (Å²) in [7, 11) is 0. The fourth-order valence-corrected chi connectivity index (χ4v) is 4.19. The molecule has 0 radical (unpaired) electrons. The molecule has 0 bridgehead atoms. The van der Waals surface area contributed by atoms with E-state index in [2.05, 4.69) is 27.0 Å². The van der Waals surface area contributed by atoms with Crippen molar-refractivity contribution in [2.45, 2.75) is 31.7 Å². The standard InChI is InChI=1S/C20H24N4O4S/c25-19(20(26)22-16-6-5-7-17(12-16)24(27)28)21-13-18(15-8-11-29-14-15)23-9-3-1-2-4-10-23/h5-8,11-12,14,18H,1-4,9-10,13H2,(H,21,25)(H,22,26). The van der Waals surface area contributed by atoms with Crippen LogP contribution in [0.2, 0.25) is 0 Å². The van der Waals surface area contributed by atoms with Crippen LogP contribution in [0.5, 0.6) is 0 Å². The van der Waals surface area contributed by atoms with Gasteiger partial charge in [-0.2, -0.15) is 11.3 Å². The normalized spacial score (nSPS) is 15.9. The highest BCUT2D eigenvalue weighted by atomic mass is 32.1. The van der Waals surface area contributed by atoms with Gasteiger partial charge in [0.2, 0.25) is 0 Å². The van der Waals surface area contributed by atoms with E-state index in [9.17, 15) is 19.7 Å². The molecular formula is C20H24N4O4S. The zero-order chi connectivity index (χ0) is 20.6. The lowest BCUT2D eigenvalue weighted by Crippen LogP contribution is -2.42. The van der Waals surface area contributed by atoms with E-state index in [1.54, 1.807) is 11.3 Å². The molecule has 0 spiro atoms. The first-order valence-corrected chi connectivity index (χ1v) is 10.6. The van der Waals surface area contributed by atoms with Crippen molar-refractivity contribution in [2.24, 2.45) is 0 Å². The van der Waals surface area contributed by atoms with Crippen molar-refractivity contribution in [3.05, 3.63) is 56.8 Å². The first-order valence-electron chi connectivity index (χ1n) is 9.64. The van der Waals surface area contributed by atoms with Crippen LogP contribution in [0, 0.1) is 10.1 Å². The third kappa shape index (κ3) is 5.85. The summed E-state index contributed by atoms with van der Waals surface area (Å²) in [6, 6.07) is 7.57. The maximum atomic E-state index is 12.3. The summed E-state index contributed by atoms with van der Waals surface area (Å²) >= 11 is 1.61. The minimum Gasteiger partial charge on any atom is -0.346 e. The number of thiophene rings is 1. The lowest BCUT2D eigenvalue weighted by Gasteiger charge is -2.30. The average Bonchev–Trinajstić information content (AvgIpc) is 3.11. The monoisotopic (exact) mass is 416 g/mol. The van der Waals surface area contributed by atoms with Crippen LogP contribution in [0.25, 0.3) is 0 Å². The first-order chi connectivity index (χ1) is 14.0. The molecule has 1 aromatic carbocycles. The van der Waals surface area contributed by atoms with Crippen molar-refractivity contribution in [3.63, 3.8) is 0 Å². The highest BCUT2D eigenvalue weighted by Gasteiger charge is 2.24. The molecule has 1 saturated heterocycles. The summed E-state index contributed by atoms with van der Waals surface area (Å²) < 4.78 is 0. The smallest absolute Gasteiger partial charge is 0.313 e. The number of hydrogen-bond donors (Lipinski definition) is 2. The zero-order valence-corrected chi connectivity index (χ0v) is 16.8. The summed E-state index contributed by atoms with van der Waals surface area (Å²) in [4.78, 5) is 37.2. The van der Waals surface area contributed by atoms with Crippen LogP contribution in [0.1, 0.15) is 37.3 Å². The van der Waals surface area contributed by atoms with Crippen molar-refractivity contribution in [2.75, 3.05) is 25.0 Å². The Balaban J connectivity index is 1.61. The van der Waals surface area contributed by atoms with Gasteiger partial charge >= 0.3 is 11.8 Å². The van der Waals surface area contributed by atoms with E-state index >= 15 is 0 Å². The number of amides is 2. The van der Waals surface area contributed by atoms with Crippen molar-refractivity contribution < 1.29 is 14.5 Å². The van der Waals surface area contributed by atoms with Crippen LogP contribution in [-0.2, 0) is 9.59 Å². The fraction of sp³-hybridized carbons (Fsp3) is 0.400. The van der Waals surface area contributed by atoms with Gasteiger partial charge in [0, 0.05) is 24.4 Å². The lowest BCUT2D eigenvalue weighted by atomic mass is 10.1. The number of carbonyl (C=O) groups excluding carboxylic acids is 2. The maximum Gasteiger partial charge on any atom is 0.313 e.